The summed E-state index contributed by atoms with van der Waals surface area (Å²) in [5.41, 5.74) is 13.6. The second-order valence-electron chi connectivity index (χ2n) is 12.0. The molecular weight excluding hydrogens is 487 g/mol. The molecule has 0 saturated carbocycles. The van der Waals surface area contributed by atoms with Crippen molar-refractivity contribution in [3.8, 4) is 47.0 Å². The maximum absolute atomic E-state index is 3.82. The number of nitrogens with zero attached hydrogens (tertiary/aromatic N) is 1. The highest BCUT2D eigenvalue weighted by Gasteiger charge is 2.41. The van der Waals surface area contributed by atoms with Gasteiger partial charge in [-0.1, -0.05) is 99.7 Å². The van der Waals surface area contributed by atoms with Gasteiger partial charge in [-0.25, -0.2) is 0 Å². The average molecular weight is 536 g/mol. The molecule has 0 aromatic heterocycles. The van der Waals surface area contributed by atoms with Gasteiger partial charge in [-0.05, 0) is 82.4 Å². The molecule has 0 N–H and O–H groups in total. The van der Waals surface area contributed by atoms with Gasteiger partial charge in [-0.3, -0.25) is 0 Å². The van der Waals surface area contributed by atoms with Crippen LogP contribution in [0.2, 0.25) is 16.6 Å². The van der Waals surface area contributed by atoms with Crippen LogP contribution in [-0.2, 0) is 0 Å². The number of anilines is 1. The lowest BCUT2D eigenvalue weighted by molar-refractivity contribution is 0.838. The van der Waals surface area contributed by atoms with Crippen molar-refractivity contribution in [2.45, 2.75) is 99.7 Å². The van der Waals surface area contributed by atoms with Crippen LogP contribution in [0.25, 0.3) is 0 Å². The number of hydrogen-bond acceptors (Lipinski definition) is 1. The van der Waals surface area contributed by atoms with Gasteiger partial charge in [0.25, 0.3) is 0 Å². The fraction of sp³-hybridized carbons (Fsp3) is 0.459. The van der Waals surface area contributed by atoms with Gasteiger partial charge in [0.2, 0.25) is 0 Å². The van der Waals surface area contributed by atoms with Crippen molar-refractivity contribution in [2.75, 3.05) is 19.0 Å². The van der Waals surface area contributed by atoms with Crippen molar-refractivity contribution < 1.29 is 0 Å². The minimum Gasteiger partial charge on any atom is -0.378 e. The molecule has 0 heterocycles. The minimum absolute atomic E-state index is 0.588. The van der Waals surface area contributed by atoms with E-state index in [1.54, 1.807) is 0 Å². The lowest BCUT2D eigenvalue weighted by Crippen LogP contribution is -2.43. The minimum atomic E-state index is -1.83. The zero-order chi connectivity index (χ0) is 29.9. The van der Waals surface area contributed by atoms with E-state index in [0.717, 1.165) is 44.7 Å². The topological polar surface area (TPSA) is 3.24 Å². The zero-order valence-corrected chi connectivity index (χ0v) is 28.0. The van der Waals surface area contributed by atoms with Crippen LogP contribution in [0.5, 0.6) is 0 Å². The summed E-state index contributed by atoms with van der Waals surface area (Å²) >= 11 is 0. The van der Waals surface area contributed by atoms with Gasteiger partial charge in [0, 0.05) is 25.3 Å². The van der Waals surface area contributed by atoms with Gasteiger partial charge in [-0.15, -0.1) is 5.54 Å². The normalized spacial score (nSPS) is 10.2. The lowest BCUT2D eigenvalue weighted by atomic mass is 10.1. The summed E-state index contributed by atoms with van der Waals surface area (Å²) in [5, 5.41) is 0. The molecule has 0 amide bonds. The van der Waals surface area contributed by atoms with E-state index in [9.17, 15) is 0 Å². The Morgan fingerprint density at radius 2 is 0.923 bits per heavy atom. The molecule has 1 rings (SSSR count). The molecule has 0 aliphatic heterocycles. The summed E-state index contributed by atoms with van der Waals surface area (Å²) in [7, 11) is 2.24. The van der Waals surface area contributed by atoms with E-state index in [0.29, 0.717) is 16.6 Å². The number of hydrogen-bond donors (Lipinski definition) is 0. The largest absolute Gasteiger partial charge is 0.378 e. The maximum atomic E-state index is 3.82. The Balaban J connectivity index is 3.44. The second kappa shape index (κ2) is 15.3. The first kappa shape index (κ1) is 33.7. The molecule has 0 unspecified atom stereocenters. The third-order valence-corrected chi connectivity index (χ3v) is 13.4. The summed E-state index contributed by atoms with van der Waals surface area (Å²) in [5.74, 6) is 23.4. The highest BCUT2D eigenvalue weighted by Crippen LogP contribution is 2.40. The second-order valence-corrected chi connectivity index (χ2v) is 17.5. The Hall–Kier alpha value is -3.30. The van der Waals surface area contributed by atoms with Crippen LogP contribution in [0.1, 0.15) is 88.6 Å². The maximum Gasteiger partial charge on any atom is 0.146 e. The van der Waals surface area contributed by atoms with Crippen LogP contribution in [0.3, 0.4) is 0 Å². The Morgan fingerprint density at radius 1 is 0.564 bits per heavy atom. The molecule has 0 atom stereocenters. The number of allylic oxidation sites excluding steroid dienone is 6. The third kappa shape index (κ3) is 9.74. The van der Waals surface area contributed by atoms with Gasteiger partial charge in [0.15, 0.2) is 0 Å². The summed E-state index contributed by atoms with van der Waals surface area (Å²) < 4.78 is 0. The molecule has 0 aliphatic carbocycles. The van der Waals surface area contributed by atoms with Crippen molar-refractivity contribution in [3.63, 3.8) is 0 Å². The molecule has 0 spiro atoms. The van der Waals surface area contributed by atoms with E-state index < -0.39 is 8.07 Å². The molecule has 0 fully saturated rings. The molecule has 1 aromatic carbocycles. The van der Waals surface area contributed by atoms with Crippen molar-refractivity contribution in [1.82, 2.24) is 0 Å². The molecule has 206 valence electrons. The summed E-state index contributed by atoms with van der Waals surface area (Å²) in [4.78, 5) is 2.08. The van der Waals surface area contributed by atoms with Crippen molar-refractivity contribution in [2.24, 2.45) is 0 Å². The van der Waals surface area contributed by atoms with E-state index in [1.807, 2.05) is 40.1 Å². The van der Waals surface area contributed by atoms with Crippen LogP contribution < -0.4 is 4.90 Å². The average Bonchev–Trinajstić information content (AvgIpc) is 2.83. The zero-order valence-electron chi connectivity index (χ0n) is 27.0. The fourth-order valence-electron chi connectivity index (χ4n) is 4.68. The molecule has 0 radical (unpaired) electrons. The predicted octanol–water partition coefficient (Wildman–Crippen LogP) is 9.34. The Kier molecular flexibility index (Phi) is 13.3. The fourth-order valence-corrected chi connectivity index (χ4v) is 9.88. The first-order valence-electron chi connectivity index (χ1n) is 14.0. The molecule has 39 heavy (non-hydrogen) atoms. The van der Waals surface area contributed by atoms with Crippen LogP contribution in [0, 0.1) is 47.0 Å². The number of benzene rings is 1. The van der Waals surface area contributed by atoms with Gasteiger partial charge in [-0.2, -0.15) is 0 Å². The van der Waals surface area contributed by atoms with Crippen LogP contribution >= 0.6 is 0 Å². The molecular formula is C37H49NSi. The van der Waals surface area contributed by atoms with Gasteiger partial charge >= 0.3 is 0 Å². The summed E-state index contributed by atoms with van der Waals surface area (Å²) in [6.45, 7) is 26.4. The summed E-state index contributed by atoms with van der Waals surface area (Å²) in [6.07, 6.45) is 0. The Morgan fingerprint density at radius 3 is 1.26 bits per heavy atom. The molecule has 0 saturated heterocycles. The van der Waals surface area contributed by atoms with Crippen molar-refractivity contribution in [1.29, 1.82) is 0 Å². The summed E-state index contributed by atoms with van der Waals surface area (Å²) in [6, 6.07) is 8.24. The molecule has 0 bridgehead atoms. The standard InChI is InChI=1S/C37H49NSi/c1-27(2)34(18-15-33-16-23-37(24-17-33)38(13)14)19-20-35(28(3)4)21-22-36(29(5)6)25-26-39(30(7)8,31(9)10)32(11)12/h16-17,23-24,30-32H,1-14H3. The molecule has 1 aromatic rings. The first-order chi connectivity index (χ1) is 18.1. The first-order valence-corrected chi connectivity index (χ1v) is 16.3. The Labute approximate surface area is 242 Å². The smallest absolute Gasteiger partial charge is 0.146 e. The SMILES string of the molecule is CC(C)=C(C#CC(C#Cc1ccc(N(C)C)cc1)=C(C)C)C#CC(C#C[Si](C(C)C)(C(C)C)C(C)C)=C(C)C. The van der Waals surface area contributed by atoms with Crippen molar-refractivity contribution >= 4 is 13.8 Å². The van der Waals surface area contributed by atoms with Crippen molar-refractivity contribution in [3.05, 3.63) is 63.3 Å². The van der Waals surface area contributed by atoms with E-state index in [4.69, 9.17) is 0 Å². The molecule has 2 heteroatoms. The van der Waals surface area contributed by atoms with Gasteiger partial charge < -0.3 is 4.90 Å². The van der Waals surface area contributed by atoms with Crippen LogP contribution in [0.15, 0.2) is 57.7 Å². The predicted molar refractivity (Wildman–Crippen MR) is 177 cm³/mol. The van der Waals surface area contributed by atoms with Gasteiger partial charge in [0.05, 0.1) is 16.7 Å². The monoisotopic (exact) mass is 535 g/mol. The number of rotatable bonds is 4. The third-order valence-electron chi connectivity index (χ3n) is 7.11. The van der Waals surface area contributed by atoms with E-state index in [-0.39, 0.29) is 0 Å². The van der Waals surface area contributed by atoms with Crippen LogP contribution in [0.4, 0.5) is 5.69 Å². The molecule has 1 nitrogen and oxygen atoms in total. The van der Waals surface area contributed by atoms with E-state index >= 15 is 0 Å². The Bertz CT molecular complexity index is 1330. The van der Waals surface area contributed by atoms with Gasteiger partial charge in [0.1, 0.15) is 8.07 Å². The van der Waals surface area contributed by atoms with E-state index in [1.165, 1.54) is 0 Å². The van der Waals surface area contributed by atoms with Crippen LogP contribution in [-0.4, -0.2) is 22.2 Å². The lowest BCUT2D eigenvalue weighted by Gasteiger charge is -2.38. The quantitative estimate of drug-likeness (QED) is 0.274. The highest BCUT2D eigenvalue weighted by molar-refractivity contribution is 6.90. The molecule has 0 aliphatic rings. The van der Waals surface area contributed by atoms with E-state index in [2.05, 4.69) is 133 Å². The highest BCUT2D eigenvalue weighted by atomic mass is 28.3.